The van der Waals surface area contributed by atoms with Crippen molar-refractivity contribution in [3.05, 3.63) is 70.6 Å². The first kappa shape index (κ1) is 27.9. The summed E-state index contributed by atoms with van der Waals surface area (Å²) in [6, 6.07) is 3.83. The Labute approximate surface area is 224 Å². The summed E-state index contributed by atoms with van der Waals surface area (Å²) in [6.07, 6.45) is 7.63. The van der Waals surface area contributed by atoms with E-state index in [-0.39, 0.29) is 23.7 Å². The van der Waals surface area contributed by atoms with Crippen molar-refractivity contribution in [2.75, 3.05) is 19.8 Å². The van der Waals surface area contributed by atoms with Crippen molar-refractivity contribution < 1.29 is 22.7 Å². The summed E-state index contributed by atoms with van der Waals surface area (Å²) in [5, 5.41) is 6.54. The molecule has 0 unspecified atom stereocenters. The van der Waals surface area contributed by atoms with E-state index >= 15 is 0 Å². The number of nitrogens with one attached hydrogen (secondary N) is 1. The number of aromatic nitrogens is 5. The Morgan fingerprint density at radius 3 is 2.59 bits per heavy atom. The molecule has 4 rings (SSSR count). The maximum atomic E-state index is 13.7. The molecule has 1 aromatic carbocycles. The first-order chi connectivity index (χ1) is 18.6. The molecular weight excluding hydrogens is 509 g/mol. The van der Waals surface area contributed by atoms with Gasteiger partial charge in [-0.15, -0.1) is 6.42 Å². The molecule has 1 amide bonds. The molecule has 0 aliphatic carbocycles. The van der Waals surface area contributed by atoms with E-state index in [0.29, 0.717) is 43.1 Å². The van der Waals surface area contributed by atoms with E-state index in [1.54, 1.807) is 10.6 Å². The maximum absolute atomic E-state index is 13.7. The van der Waals surface area contributed by atoms with Crippen LogP contribution in [0.1, 0.15) is 51.8 Å². The Bertz CT molecular complexity index is 1510. The van der Waals surface area contributed by atoms with Crippen molar-refractivity contribution in [3.63, 3.8) is 0 Å². The number of aryl methyl sites for hydroxylation is 2. The number of fused-ring (bicyclic) bond motifs is 1. The molecule has 11 heteroatoms. The van der Waals surface area contributed by atoms with E-state index in [1.807, 2.05) is 32.9 Å². The Balaban J connectivity index is 1.61. The van der Waals surface area contributed by atoms with Crippen LogP contribution in [0.5, 0.6) is 0 Å². The van der Waals surface area contributed by atoms with Crippen molar-refractivity contribution in [1.82, 2.24) is 29.5 Å². The SMILES string of the molecule is C#CCn1cc(-c2cnc3c(Cc4cc(C)c(C(=O)NCCOCCC)c(C)c4)nccn23)c(C(F)(F)F)n1. The van der Waals surface area contributed by atoms with Gasteiger partial charge in [-0.05, 0) is 37.0 Å². The molecule has 8 nitrogen and oxygen atoms in total. The molecule has 0 saturated heterocycles. The van der Waals surface area contributed by atoms with Crippen LogP contribution in [0.2, 0.25) is 0 Å². The molecule has 0 spiro atoms. The van der Waals surface area contributed by atoms with Crippen molar-refractivity contribution in [2.24, 2.45) is 0 Å². The van der Waals surface area contributed by atoms with Crippen molar-refractivity contribution in [1.29, 1.82) is 0 Å². The smallest absolute Gasteiger partial charge is 0.380 e. The second-order valence-electron chi connectivity index (χ2n) is 9.15. The van der Waals surface area contributed by atoms with Gasteiger partial charge < -0.3 is 10.1 Å². The van der Waals surface area contributed by atoms with E-state index in [1.165, 1.54) is 18.6 Å². The highest BCUT2D eigenvalue weighted by Crippen LogP contribution is 2.36. The summed E-state index contributed by atoms with van der Waals surface area (Å²) in [6.45, 7) is 7.19. The number of amides is 1. The van der Waals surface area contributed by atoms with Gasteiger partial charge in [-0.1, -0.05) is 25.0 Å². The molecule has 3 heterocycles. The molecule has 3 aromatic heterocycles. The molecule has 0 saturated carbocycles. The summed E-state index contributed by atoms with van der Waals surface area (Å²) in [5.74, 6) is 2.14. The van der Waals surface area contributed by atoms with E-state index in [0.717, 1.165) is 27.8 Å². The molecule has 0 bridgehead atoms. The number of ether oxygens (including phenoxy) is 1. The highest BCUT2D eigenvalue weighted by atomic mass is 19.4. The molecule has 0 aliphatic rings. The van der Waals surface area contributed by atoms with Crippen LogP contribution in [0.25, 0.3) is 16.9 Å². The monoisotopic (exact) mass is 538 g/mol. The molecule has 0 aliphatic heterocycles. The fraction of sp³-hybridized carbons (Fsp3) is 0.357. The van der Waals surface area contributed by atoms with Crippen LogP contribution in [0.3, 0.4) is 0 Å². The number of alkyl halides is 3. The average molecular weight is 539 g/mol. The van der Waals surface area contributed by atoms with Gasteiger partial charge >= 0.3 is 6.18 Å². The van der Waals surface area contributed by atoms with Gasteiger partial charge in [-0.2, -0.15) is 18.3 Å². The zero-order chi connectivity index (χ0) is 28.2. The summed E-state index contributed by atoms with van der Waals surface area (Å²) in [7, 11) is 0. The fourth-order valence-electron chi connectivity index (χ4n) is 4.57. The fourth-order valence-corrected chi connectivity index (χ4v) is 4.57. The number of hydrogen-bond donors (Lipinski definition) is 1. The standard InChI is InChI=1S/C28H29F3N6O2/c1-5-9-36-17-21(25(35-36)28(29,30)31)23-16-34-26-22(32-7-10-37(23)26)15-20-13-18(3)24(19(4)14-20)27(38)33-8-12-39-11-6-2/h1,7,10,13-14,16-17H,6,8-9,11-12,15H2,2-4H3,(H,33,38). The summed E-state index contributed by atoms with van der Waals surface area (Å²) < 4.78 is 49.3. The van der Waals surface area contributed by atoms with E-state index in [4.69, 9.17) is 11.2 Å². The highest BCUT2D eigenvalue weighted by molar-refractivity contribution is 5.97. The van der Waals surface area contributed by atoms with Crippen LogP contribution in [-0.4, -0.2) is 49.8 Å². The van der Waals surface area contributed by atoms with Crippen LogP contribution in [0.4, 0.5) is 13.2 Å². The topological polar surface area (TPSA) is 86.3 Å². The van der Waals surface area contributed by atoms with Gasteiger partial charge in [0.1, 0.15) is 6.54 Å². The maximum Gasteiger partial charge on any atom is 0.435 e. The number of carbonyl (C=O) groups is 1. The minimum Gasteiger partial charge on any atom is -0.380 e. The lowest BCUT2D eigenvalue weighted by Crippen LogP contribution is -2.28. The first-order valence-electron chi connectivity index (χ1n) is 12.5. The number of nitrogens with zero attached hydrogens (tertiary/aromatic N) is 5. The van der Waals surface area contributed by atoms with Crippen LogP contribution in [0, 0.1) is 26.2 Å². The molecular formula is C28H29F3N6O2. The third-order valence-electron chi connectivity index (χ3n) is 6.13. The molecule has 0 fully saturated rings. The van der Waals surface area contributed by atoms with Crippen LogP contribution in [-0.2, 0) is 23.9 Å². The molecule has 4 aromatic rings. The van der Waals surface area contributed by atoms with Gasteiger partial charge in [0.25, 0.3) is 5.91 Å². The predicted molar refractivity (Wildman–Crippen MR) is 140 cm³/mol. The van der Waals surface area contributed by atoms with E-state index in [9.17, 15) is 18.0 Å². The molecule has 204 valence electrons. The Morgan fingerprint density at radius 1 is 1.18 bits per heavy atom. The predicted octanol–water partition coefficient (Wildman–Crippen LogP) is 4.61. The van der Waals surface area contributed by atoms with Gasteiger partial charge in [-0.3, -0.25) is 18.9 Å². The highest BCUT2D eigenvalue weighted by Gasteiger charge is 2.38. The third kappa shape index (κ3) is 6.12. The Hall–Kier alpha value is -4.17. The molecule has 0 radical (unpaired) electrons. The normalized spacial score (nSPS) is 11.6. The van der Waals surface area contributed by atoms with Gasteiger partial charge in [0.2, 0.25) is 0 Å². The van der Waals surface area contributed by atoms with E-state index < -0.39 is 11.9 Å². The lowest BCUT2D eigenvalue weighted by Gasteiger charge is -2.13. The first-order valence-corrected chi connectivity index (χ1v) is 12.5. The van der Waals surface area contributed by atoms with Crippen molar-refractivity contribution in [2.45, 2.75) is 46.3 Å². The van der Waals surface area contributed by atoms with Gasteiger partial charge in [0.05, 0.1) is 29.8 Å². The summed E-state index contributed by atoms with van der Waals surface area (Å²) >= 11 is 0. The number of hydrogen-bond acceptors (Lipinski definition) is 5. The zero-order valence-electron chi connectivity index (χ0n) is 22.0. The van der Waals surface area contributed by atoms with Crippen LogP contribution < -0.4 is 5.32 Å². The van der Waals surface area contributed by atoms with Crippen molar-refractivity contribution >= 4 is 11.6 Å². The number of halogens is 3. The van der Waals surface area contributed by atoms with Gasteiger partial charge in [-0.25, -0.2) is 4.98 Å². The van der Waals surface area contributed by atoms with Crippen molar-refractivity contribution in [3.8, 4) is 23.6 Å². The quantitative estimate of drug-likeness (QED) is 0.236. The minimum absolute atomic E-state index is 0.0913. The van der Waals surface area contributed by atoms with E-state index in [2.05, 4.69) is 26.3 Å². The van der Waals surface area contributed by atoms with Crippen LogP contribution >= 0.6 is 0 Å². The Morgan fingerprint density at radius 2 is 1.92 bits per heavy atom. The molecule has 39 heavy (non-hydrogen) atoms. The van der Waals surface area contributed by atoms with Gasteiger partial charge in [0.15, 0.2) is 11.3 Å². The largest absolute Gasteiger partial charge is 0.435 e. The zero-order valence-corrected chi connectivity index (χ0v) is 22.0. The number of imidazole rings is 1. The van der Waals surface area contributed by atoms with Crippen LogP contribution in [0.15, 0.2) is 36.9 Å². The molecule has 0 atom stereocenters. The van der Waals surface area contributed by atoms with Gasteiger partial charge in [0, 0.05) is 43.7 Å². The second kappa shape index (κ2) is 11.7. The number of benzene rings is 1. The third-order valence-corrected chi connectivity index (χ3v) is 6.13. The second-order valence-corrected chi connectivity index (χ2v) is 9.15. The minimum atomic E-state index is -4.67. The lowest BCUT2D eigenvalue weighted by atomic mass is 9.96. The molecule has 1 N–H and O–H groups in total. The summed E-state index contributed by atoms with van der Waals surface area (Å²) in [5.41, 5.74) is 3.20. The summed E-state index contributed by atoms with van der Waals surface area (Å²) in [4.78, 5) is 21.6. The number of rotatable bonds is 10. The average Bonchev–Trinajstić information content (AvgIpc) is 3.48. The number of carbonyl (C=O) groups excluding carboxylic acids is 1. The Kier molecular flexibility index (Phi) is 8.35. The number of terminal acetylenes is 1. The lowest BCUT2D eigenvalue weighted by molar-refractivity contribution is -0.141.